The van der Waals surface area contributed by atoms with E-state index in [1.165, 1.54) is 13.3 Å². The predicted molar refractivity (Wildman–Crippen MR) is 79.0 cm³/mol. The van der Waals surface area contributed by atoms with Gasteiger partial charge < -0.3 is 14.8 Å². The summed E-state index contributed by atoms with van der Waals surface area (Å²) >= 11 is 0. The largest absolute Gasteiger partial charge is 0.480 e. The quantitative estimate of drug-likeness (QED) is 0.343. The molecule has 0 saturated carbocycles. The second-order valence-electron chi connectivity index (χ2n) is 4.16. The zero-order valence-corrected chi connectivity index (χ0v) is 12.5. The normalized spacial score (nSPS) is 10.9. The molecule has 1 aromatic heterocycles. The number of hydrogen-bond acceptors (Lipinski definition) is 6. The third-order valence-electron chi connectivity index (χ3n) is 2.61. The molecule has 0 unspecified atom stereocenters. The van der Waals surface area contributed by atoms with Gasteiger partial charge >= 0.3 is 5.97 Å². The minimum absolute atomic E-state index is 0.00962. The van der Waals surface area contributed by atoms with E-state index < -0.39 is 5.97 Å². The molecular formula is C15H20N2O4. The van der Waals surface area contributed by atoms with Crippen molar-refractivity contribution < 1.29 is 19.1 Å². The van der Waals surface area contributed by atoms with E-state index >= 15 is 0 Å². The van der Waals surface area contributed by atoms with Gasteiger partial charge in [-0.05, 0) is 25.5 Å². The van der Waals surface area contributed by atoms with Crippen molar-refractivity contribution in [2.75, 3.05) is 19.0 Å². The van der Waals surface area contributed by atoms with E-state index in [4.69, 9.17) is 9.47 Å². The lowest BCUT2D eigenvalue weighted by Gasteiger charge is -2.09. The topological polar surface area (TPSA) is 77.5 Å². The maximum absolute atomic E-state index is 12.0. The van der Waals surface area contributed by atoms with Gasteiger partial charge in [0.1, 0.15) is 11.3 Å². The van der Waals surface area contributed by atoms with Gasteiger partial charge in [0.25, 0.3) is 0 Å². The number of rotatable bonds is 8. The highest BCUT2D eigenvalue weighted by Gasteiger charge is 2.18. The minimum Gasteiger partial charge on any atom is -0.480 e. The highest BCUT2D eigenvalue weighted by molar-refractivity contribution is 6.17. The number of anilines is 1. The van der Waals surface area contributed by atoms with Crippen molar-refractivity contribution in [1.82, 2.24) is 4.98 Å². The van der Waals surface area contributed by atoms with Crippen LogP contribution in [0.4, 0.5) is 5.69 Å². The van der Waals surface area contributed by atoms with Crippen LogP contribution >= 0.6 is 0 Å². The Balaban J connectivity index is 2.97. The zero-order chi connectivity index (χ0) is 15.7. The van der Waals surface area contributed by atoms with Crippen LogP contribution in [-0.2, 0) is 14.3 Å². The van der Waals surface area contributed by atoms with Crippen molar-refractivity contribution in [2.24, 2.45) is 0 Å². The number of nitrogens with zero attached hydrogens (tertiary/aromatic N) is 1. The molecule has 0 bridgehead atoms. The SMILES string of the molecule is CCCC(=O)C(=CNc1cccnc1OC)C(=O)OCC. The van der Waals surface area contributed by atoms with E-state index in [1.807, 2.05) is 6.92 Å². The first-order valence-corrected chi connectivity index (χ1v) is 6.80. The molecule has 6 heteroatoms. The average Bonchev–Trinajstić information content (AvgIpc) is 2.48. The van der Waals surface area contributed by atoms with Crippen molar-refractivity contribution >= 4 is 17.4 Å². The van der Waals surface area contributed by atoms with E-state index in [1.54, 1.807) is 25.3 Å². The first kappa shape index (κ1) is 16.7. The molecule has 0 aliphatic rings. The molecule has 0 saturated heterocycles. The molecule has 0 aliphatic carbocycles. The molecule has 1 N–H and O–H groups in total. The second kappa shape index (κ2) is 8.73. The standard InChI is InChI=1S/C15H20N2O4/c1-4-7-13(18)11(15(19)21-5-2)10-17-12-8-6-9-16-14(12)20-3/h6,8-10,17H,4-5,7H2,1-3H3. The summed E-state index contributed by atoms with van der Waals surface area (Å²) in [6, 6.07) is 3.45. The fourth-order valence-electron chi connectivity index (χ4n) is 1.64. The number of aromatic nitrogens is 1. The molecule has 0 amide bonds. The Hall–Kier alpha value is -2.37. The van der Waals surface area contributed by atoms with Gasteiger partial charge in [-0.25, -0.2) is 9.78 Å². The van der Waals surface area contributed by atoms with Crippen molar-refractivity contribution in [2.45, 2.75) is 26.7 Å². The van der Waals surface area contributed by atoms with Crippen LogP contribution < -0.4 is 10.1 Å². The van der Waals surface area contributed by atoms with E-state index in [9.17, 15) is 9.59 Å². The number of Topliss-reactive ketones (excluding diaryl/α,β-unsaturated/α-hetero) is 1. The molecular weight excluding hydrogens is 272 g/mol. The zero-order valence-electron chi connectivity index (χ0n) is 12.5. The van der Waals surface area contributed by atoms with Crippen LogP contribution in [0.2, 0.25) is 0 Å². The van der Waals surface area contributed by atoms with E-state index in [0.717, 1.165) is 0 Å². The Morgan fingerprint density at radius 1 is 1.38 bits per heavy atom. The van der Waals surface area contributed by atoms with Gasteiger partial charge in [0.15, 0.2) is 5.78 Å². The fraction of sp³-hybridized carbons (Fsp3) is 0.400. The number of nitrogens with one attached hydrogen (secondary N) is 1. The number of esters is 1. The Morgan fingerprint density at radius 3 is 2.76 bits per heavy atom. The number of hydrogen-bond donors (Lipinski definition) is 1. The average molecular weight is 292 g/mol. The van der Waals surface area contributed by atoms with Gasteiger partial charge in [-0.15, -0.1) is 0 Å². The predicted octanol–water partition coefficient (Wildman–Crippen LogP) is 2.32. The third kappa shape index (κ3) is 4.91. The molecule has 0 atom stereocenters. The number of carbonyl (C=O) groups excluding carboxylic acids is 2. The summed E-state index contributed by atoms with van der Waals surface area (Å²) in [7, 11) is 1.49. The minimum atomic E-state index is -0.633. The summed E-state index contributed by atoms with van der Waals surface area (Å²) in [4.78, 5) is 27.8. The van der Waals surface area contributed by atoms with Crippen LogP contribution in [0.3, 0.4) is 0 Å². The summed E-state index contributed by atoms with van der Waals surface area (Å²) in [5.74, 6) is -0.516. The van der Waals surface area contributed by atoms with Crippen LogP contribution in [0.15, 0.2) is 30.1 Å². The Kier molecular flexibility index (Phi) is 6.94. The Morgan fingerprint density at radius 2 is 2.14 bits per heavy atom. The van der Waals surface area contributed by atoms with E-state index in [2.05, 4.69) is 10.3 Å². The molecule has 1 aromatic rings. The molecule has 114 valence electrons. The first-order chi connectivity index (χ1) is 10.1. The number of pyridine rings is 1. The number of carbonyl (C=O) groups is 2. The van der Waals surface area contributed by atoms with Crippen LogP contribution in [0, 0.1) is 0 Å². The van der Waals surface area contributed by atoms with Crippen molar-refractivity contribution in [3.05, 3.63) is 30.1 Å². The van der Waals surface area contributed by atoms with Crippen molar-refractivity contribution in [1.29, 1.82) is 0 Å². The van der Waals surface area contributed by atoms with E-state index in [0.29, 0.717) is 18.0 Å². The first-order valence-electron chi connectivity index (χ1n) is 6.80. The van der Waals surface area contributed by atoms with Crippen LogP contribution in [0.5, 0.6) is 5.88 Å². The van der Waals surface area contributed by atoms with E-state index in [-0.39, 0.29) is 24.4 Å². The van der Waals surface area contributed by atoms with Gasteiger partial charge in [0.2, 0.25) is 5.88 Å². The van der Waals surface area contributed by atoms with Gasteiger partial charge in [0.05, 0.1) is 13.7 Å². The van der Waals surface area contributed by atoms with Crippen LogP contribution in [0.1, 0.15) is 26.7 Å². The second-order valence-corrected chi connectivity index (χ2v) is 4.16. The van der Waals surface area contributed by atoms with Crippen molar-refractivity contribution in [3.63, 3.8) is 0 Å². The highest BCUT2D eigenvalue weighted by atomic mass is 16.5. The lowest BCUT2D eigenvalue weighted by Crippen LogP contribution is -2.17. The van der Waals surface area contributed by atoms with Gasteiger partial charge in [-0.1, -0.05) is 6.92 Å². The lowest BCUT2D eigenvalue weighted by molar-refractivity contribution is -0.140. The maximum atomic E-state index is 12.0. The molecule has 1 heterocycles. The number of ether oxygens (including phenoxy) is 2. The molecule has 0 aliphatic heterocycles. The molecule has 0 aromatic carbocycles. The monoisotopic (exact) mass is 292 g/mol. The maximum Gasteiger partial charge on any atom is 0.343 e. The number of ketones is 1. The molecule has 0 radical (unpaired) electrons. The lowest BCUT2D eigenvalue weighted by atomic mass is 10.1. The van der Waals surface area contributed by atoms with Gasteiger partial charge in [-0.3, -0.25) is 4.79 Å². The molecule has 0 fully saturated rings. The third-order valence-corrected chi connectivity index (χ3v) is 2.61. The number of methoxy groups -OCH3 is 1. The smallest absolute Gasteiger partial charge is 0.343 e. The molecule has 21 heavy (non-hydrogen) atoms. The Bertz CT molecular complexity index is 506. The van der Waals surface area contributed by atoms with Gasteiger partial charge in [-0.2, -0.15) is 0 Å². The highest BCUT2D eigenvalue weighted by Crippen LogP contribution is 2.20. The van der Waals surface area contributed by atoms with Crippen molar-refractivity contribution in [3.8, 4) is 5.88 Å². The fourth-order valence-corrected chi connectivity index (χ4v) is 1.64. The molecule has 6 nitrogen and oxygen atoms in total. The summed E-state index contributed by atoms with van der Waals surface area (Å²) in [5.41, 5.74) is 0.552. The summed E-state index contributed by atoms with van der Waals surface area (Å²) < 4.78 is 9.99. The molecule has 1 rings (SSSR count). The van der Waals surface area contributed by atoms with Gasteiger partial charge in [0, 0.05) is 18.8 Å². The summed E-state index contributed by atoms with van der Waals surface area (Å²) in [5, 5.41) is 2.87. The van der Waals surface area contributed by atoms with Crippen LogP contribution in [0.25, 0.3) is 0 Å². The van der Waals surface area contributed by atoms with Crippen LogP contribution in [-0.4, -0.2) is 30.5 Å². The molecule has 0 spiro atoms. The summed E-state index contributed by atoms with van der Waals surface area (Å²) in [6.07, 6.45) is 3.88. The summed E-state index contributed by atoms with van der Waals surface area (Å²) in [6.45, 7) is 3.78. The Labute approximate surface area is 124 Å².